The molecule has 0 atom stereocenters. The van der Waals surface area contributed by atoms with E-state index >= 15 is 0 Å². The van der Waals surface area contributed by atoms with Crippen LogP contribution in [0.5, 0.6) is 0 Å². The van der Waals surface area contributed by atoms with Gasteiger partial charge in [-0.1, -0.05) is 6.07 Å². The normalized spacial score (nSPS) is 9.62. The van der Waals surface area contributed by atoms with Gasteiger partial charge in [-0.25, -0.2) is 9.18 Å². The summed E-state index contributed by atoms with van der Waals surface area (Å²) in [5.74, 6) is -0.506. The Morgan fingerprint density at radius 3 is 2.85 bits per heavy atom. The van der Waals surface area contributed by atoms with Crippen LogP contribution in [-0.4, -0.2) is 11.2 Å². The Labute approximate surface area is 74.2 Å². The minimum absolute atomic E-state index is 0.117. The molecule has 0 spiro atoms. The Kier molecular flexibility index (Phi) is 2.69. The first-order chi connectivity index (χ1) is 6.11. The molecule has 1 aromatic carbocycles. The summed E-state index contributed by atoms with van der Waals surface area (Å²) in [4.78, 5) is 10.1. The van der Waals surface area contributed by atoms with Gasteiger partial charge in [-0.2, -0.15) is 0 Å². The van der Waals surface area contributed by atoms with Crippen LogP contribution in [0.1, 0.15) is 5.56 Å². The van der Waals surface area contributed by atoms with Gasteiger partial charge in [0.05, 0.1) is 6.54 Å². The molecular weight excluding hydrogens is 175 g/mol. The van der Waals surface area contributed by atoms with Crippen LogP contribution in [0.4, 0.5) is 14.9 Å². The highest BCUT2D eigenvalue weighted by Crippen LogP contribution is 2.14. The molecule has 0 bridgehead atoms. The lowest BCUT2D eigenvalue weighted by molar-refractivity contribution is 0.194. The second-order valence-corrected chi connectivity index (χ2v) is 2.47. The highest BCUT2D eigenvalue weighted by molar-refractivity contribution is 5.65. The van der Waals surface area contributed by atoms with Crippen LogP contribution < -0.4 is 11.1 Å². The molecule has 0 aliphatic heterocycles. The first-order valence-corrected chi connectivity index (χ1v) is 3.61. The maximum atomic E-state index is 13.0. The first kappa shape index (κ1) is 9.31. The van der Waals surface area contributed by atoms with Crippen LogP contribution in [0.3, 0.4) is 0 Å². The summed E-state index contributed by atoms with van der Waals surface area (Å²) in [6, 6.07) is 4.21. The van der Waals surface area contributed by atoms with E-state index < -0.39 is 11.9 Å². The predicted octanol–water partition coefficient (Wildman–Crippen LogP) is 1.18. The molecule has 1 rings (SSSR count). The summed E-state index contributed by atoms with van der Waals surface area (Å²) < 4.78 is 13.0. The molecule has 4 N–H and O–H groups in total. The third-order valence-corrected chi connectivity index (χ3v) is 1.57. The minimum atomic E-state index is -1.21. The van der Waals surface area contributed by atoms with Crippen molar-refractivity contribution in [1.82, 2.24) is 5.32 Å². The van der Waals surface area contributed by atoms with Crippen LogP contribution in [0.15, 0.2) is 18.2 Å². The summed E-state index contributed by atoms with van der Waals surface area (Å²) in [5, 5.41) is 10.3. The van der Waals surface area contributed by atoms with Crippen LogP contribution in [0, 0.1) is 5.82 Å². The molecular formula is C8H9FN2O2. The van der Waals surface area contributed by atoms with Crippen molar-refractivity contribution in [1.29, 1.82) is 0 Å². The summed E-state index contributed by atoms with van der Waals surface area (Å²) in [5.41, 5.74) is 5.85. The SMILES string of the molecule is Nc1cccc(F)c1CNC(=O)O. The van der Waals surface area contributed by atoms with E-state index in [1.165, 1.54) is 18.2 Å². The Hall–Kier alpha value is -1.78. The minimum Gasteiger partial charge on any atom is -0.465 e. The van der Waals surface area contributed by atoms with Crippen molar-refractivity contribution in [3.8, 4) is 0 Å². The van der Waals surface area contributed by atoms with E-state index in [-0.39, 0.29) is 17.8 Å². The standard InChI is InChI=1S/C8H9FN2O2/c9-6-2-1-3-7(10)5(6)4-11-8(12)13/h1-3,11H,4,10H2,(H,12,13). The van der Waals surface area contributed by atoms with Gasteiger partial charge in [0.25, 0.3) is 0 Å². The zero-order chi connectivity index (χ0) is 9.84. The summed E-state index contributed by atoms with van der Waals surface area (Å²) in [6.45, 7) is -0.117. The average Bonchev–Trinajstić information content (AvgIpc) is 2.03. The number of anilines is 1. The van der Waals surface area contributed by atoms with E-state index in [0.717, 1.165) is 0 Å². The second-order valence-electron chi connectivity index (χ2n) is 2.47. The van der Waals surface area contributed by atoms with Crippen molar-refractivity contribution in [3.05, 3.63) is 29.6 Å². The summed E-state index contributed by atoms with van der Waals surface area (Å²) in [7, 11) is 0. The third kappa shape index (κ3) is 2.33. The Balaban J connectivity index is 2.81. The maximum Gasteiger partial charge on any atom is 0.404 e. The third-order valence-electron chi connectivity index (χ3n) is 1.57. The molecule has 5 heteroatoms. The van der Waals surface area contributed by atoms with Crippen molar-refractivity contribution in [2.75, 3.05) is 5.73 Å². The fourth-order valence-corrected chi connectivity index (χ4v) is 0.926. The van der Waals surface area contributed by atoms with Gasteiger partial charge in [-0.15, -0.1) is 0 Å². The van der Waals surface area contributed by atoms with E-state index in [1.807, 2.05) is 5.32 Å². The quantitative estimate of drug-likeness (QED) is 0.604. The van der Waals surface area contributed by atoms with Gasteiger partial charge < -0.3 is 16.2 Å². The number of nitrogen functional groups attached to an aromatic ring is 1. The van der Waals surface area contributed by atoms with Gasteiger partial charge in [-0.05, 0) is 12.1 Å². The largest absolute Gasteiger partial charge is 0.465 e. The van der Waals surface area contributed by atoms with Crippen molar-refractivity contribution in [2.24, 2.45) is 0 Å². The lowest BCUT2D eigenvalue weighted by atomic mass is 10.1. The van der Waals surface area contributed by atoms with E-state index in [4.69, 9.17) is 10.8 Å². The number of nitrogens with two attached hydrogens (primary N) is 1. The predicted molar refractivity (Wildman–Crippen MR) is 45.7 cm³/mol. The Morgan fingerprint density at radius 2 is 2.31 bits per heavy atom. The summed E-state index contributed by atoms with van der Waals surface area (Å²) in [6.07, 6.45) is -1.21. The number of carboxylic acid groups (broad SMARTS) is 1. The van der Waals surface area contributed by atoms with Crippen molar-refractivity contribution in [3.63, 3.8) is 0 Å². The average molecular weight is 184 g/mol. The molecule has 0 aliphatic rings. The molecule has 13 heavy (non-hydrogen) atoms. The second kappa shape index (κ2) is 3.75. The lowest BCUT2D eigenvalue weighted by Crippen LogP contribution is -2.21. The number of carbonyl (C=O) groups is 1. The molecule has 0 aliphatic carbocycles. The number of rotatable bonds is 2. The van der Waals surface area contributed by atoms with Crippen molar-refractivity contribution >= 4 is 11.8 Å². The van der Waals surface area contributed by atoms with Gasteiger partial charge in [0.2, 0.25) is 0 Å². The summed E-state index contributed by atoms with van der Waals surface area (Å²) >= 11 is 0. The number of hydrogen-bond donors (Lipinski definition) is 3. The highest BCUT2D eigenvalue weighted by Gasteiger charge is 2.06. The number of amides is 1. The fraction of sp³-hybridized carbons (Fsp3) is 0.125. The molecule has 0 unspecified atom stereocenters. The number of hydrogen-bond acceptors (Lipinski definition) is 2. The molecule has 70 valence electrons. The molecule has 0 saturated carbocycles. The van der Waals surface area contributed by atoms with E-state index in [1.54, 1.807) is 0 Å². The molecule has 1 amide bonds. The van der Waals surface area contributed by atoms with Crippen molar-refractivity contribution < 1.29 is 14.3 Å². The number of halogens is 1. The van der Waals surface area contributed by atoms with Gasteiger partial charge >= 0.3 is 6.09 Å². The molecule has 0 fully saturated rings. The molecule has 0 radical (unpaired) electrons. The number of benzene rings is 1. The highest BCUT2D eigenvalue weighted by atomic mass is 19.1. The molecule has 0 aromatic heterocycles. The lowest BCUT2D eigenvalue weighted by Gasteiger charge is -2.05. The zero-order valence-corrected chi connectivity index (χ0v) is 6.75. The van der Waals surface area contributed by atoms with Crippen molar-refractivity contribution in [2.45, 2.75) is 6.54 Å². The maximum absolute atomic E-state index is 13.0. The zero-order valence-electron chi connectivity index (χ0n) is 6.75. The van der Waals surface area contributed by atoms with E-state index in [0.29, 0.717) is 0 Å². The van der Waals surface area contributed by atoms with Gasteiger partial charge in [0.15, 0.2) is 0 Å². The van der Waals surface area contributed by atoms with E-state index in [2.05, 4.69) is 0 Å². The molecule has 0 heterocycles. The monoisotopic (exact) mass is 184 g/mol. The van der Waals surface area contributed by atoms with Crippen LogP contribution in [0.25, 0.3) is 0 Å². The Bertz CT molecular complexity index is 308. The van der Waals surface area contributed by atoms with Crippen LogP contribution in [0.2, 0.25) is 0 Å². The van der Waals surface area contributed by atoms with E-state index in [9.17, 15) is 9.18 Å². The van der Waals surface area contributed by atoms with Gasteiger partial charge in [0, 0.05) is 11.3 Å². The van der Waals surface area contributed by atoms with Gasteiger partial charge in [0.1, 0.15) is 5.82 Å². The smallest absolute Gasteiger partial charge is 0.404 e. The van der Waals surface area contributed by atoms with Gasteiger partial charge in [-0.3, -0.25) is 0 Å². The number of nitrogens with one attached hydrogen (secondary N) is 1. The van der Waals surface area contributed by atoms with Crippen LogP contribution in [-0.2, 0) is 6.54 Å². The Morgan fingerprint density at radius 1 is 1.62 bits per heavy atom. The molecule has 4 nitrogen and oxygen atoms in total. The fourth-order valence-electron chi connectivity index (χ4n) is 0.926. The topological polar surface area (TPSA) is 75.3 Å². The molecule has 1 aromatic rings. The first-order valence-electron chi connectivity index (χ1n) is 3.61. The molecule has 0 saturated heterocycles. The van der Waals surface area contributed by atoms with Crippen LogP contribution >= 0.6 is 0 Å².